The van der Waals surface area contributed by atoms with Crippen molar-refractivity contribution in [1.82, 2.24) is 0 Å². The van der Waals surface area contributed by atoms with Crippen LogP contribution in [0.2, 0.25) is 0 Å². The van der Waals surface area contributed by atoms with Gasteiger partial charge in [-0.25, -0.2) is 0 Å². The van der Waals surface area contributed by atoms with Crippen LogP contribution in [0.25, 0.3) is 0 Å². The van der Waals surface area contributed by atoms with E-state index in [0.29, 0.717) is 5.92 Å². The average molecular weight is 300 g/mol. The molecule has 3 N–H and O–H groups in total. The molecule has 1 aliphatic rings. The van der Waals surface area contributed by atoms with E-state index in [-0.39, 0.29) is 23.2 Å². The summed E-state index contributed by atoms with van der Waals surface area (Å²) in [7, 11) is 0. The first-order valence-corrected chi connectivity index (χ1v) is 7.05. The average Bonchev–Trinajstić information content (AvgIpc) is 2.40. The molecular formula is C15H19F3N2O. The zero-order valence-corrected chi connectivity index (χ0v) is 11.8. The minimum atomic E-state index is -4.54. The molecule has 1 saturated carbocycles. The monoisotopic (exact) mass is 300 g/mol. The number of rotatable bonds is 2. The quantitative estimate of drug-likeness (QED) is 0.809. The largest absolute Gasteiger partial charge is 0.418 e. The topological polar surface area (TPSA) is 55.1 Å². The third-order valence-electron chi connectivity index (χ3n) is 3.99. The molecule has 3 nitrogen and oxygen atoms in total. The van der Waals surface area contributed by atoms with Crippen molar-refractivity contribution in [1.29, 1.82) is 0 Å². The maximum atomic E-state index is 13.0. The van der Waals surface area contributed by atoms with Crippen LogP contribution in [-0.2, 0) is 11.0 Å². The normalized spacial score (nSPS) is 22.9. The SMILES string of the molecule is CC1CCC(C(=O)Nc2ccc(N)cc2C(F)(F)F)CC1. The lowest BCUT2D eigenvalue weighted by Gasteiger charge is -2.25. The van der Waals surface area contributed by atoms with E-state index < -0.39 is 11.7 Å². The summed E-state index contributed by atoms with van der Waals surface area (Å²) in [6.07, 6.45) is -1.22. The number of halogens is 3. The lowest BCUT2D eigenvalue weighted by molar-refractivity contribution is -0.137. The fourth-order valence-corrected chi connectivity index (χ4v) is 2.66. The Labute approximate surface area is 121 Å². The van der Waals surface area contributed by atoms with E-state index in [1.165, 1.54) is 12.1 Å². The number of amides is 1. The Morgan fingerprint density at radius 3 is 2.43 bits per heavy atom. The molecule has 1 fully saturated rings. The van der Waals surface area contributed by atoms with Crippen LogP contribution < -0.4 is 11.1 Å². The molecule has 0 spiro atoms. The molecule has 6 heteroatoms. The highest BCUT2D eigenvalue weighted by molar-refractivity contribution is 5.93. The minimum absolute atomic E-state index is 0.0202. The van der Waals surface area contributed by atoms with Gasteiger partial charge in [-0.15, -0.1) is 0 Å². The van der Waals surface area contributed by atoms with Crippen molar-refractivity contribution < 1.29 is 18.0 Å². The van der Waals surface area contributed by atoms with E-state index in [1.54, 1.807) is 0 Å². The maximum Gasteiger partial charge on any atom is 0.418 e. The van der Waals surface area contributed by atoms with Crippen molar-refractivity contribution in [2.24, 2.45) is 11.8 Å². The summed E-state index contributed by atoms with van der Waals surface area (Å²) in [6, 6.07) is 3.41. The molecule has 0 aromatic heterocycles. The number of carbonyl (C=O) groups is 1. The number of carbonyl (C=O) groups excluding carboxylic acids is 1. The zero-order chi connectivity index (χ0) is 15.6. The Bertz CT molecular complexity index is 520. The van der Waals surface area contributed by atoms with Crippen molar-refractivity contribution in [3.05, 3.63) is 23.8 Å². The third kappa shape index (κ3) is 3.89. The molecule has 1 amide bonds. The molecule has 0 bridgehead atoms. The molecule has 0 aliphatic heterocycles. The van der Waals surface area contributed by atoms with Crippen LogP contribution in [-0.4, -0.2) is 5.91 Å². The number of hydrogen-bond donors (Lipinski definition) is 2. The summed E-state index contributed by atoms with van der Waals surface area (Å²) in [5.41, 5.74) is 4.30. The van der Waals surface area contributed by atoms with Gasteiger partial charge in [-0.1, -0.05) is 6.92 Å². The van der Waals surface area contributed by atoms with E-state index in [0.717, 1.165) is 31.7 Å². The van der Waals surface area contributed by atoms with Crippen LogP contribution in [0.1, 0.15) is 38.2 Å². The third-order valence-corrected chi connectivity index (χ3v) is 3.99. The Morgan fingerprint density at radius 1 is 1.24 bits per heavy atom. The number of benzene rings is 1. The van der Waals surface area contributed by atoms with Crippen molar-refractivity contribution in [2.75, 3.05) is 11.1 Å². The first-order chi connectivity index (χ1) is 9.77. The van der Waals surface area contributed by atoms with Gasteiger partial charge in [-0.3, -0.25) is 4.79 Å². The van der Waals surface area contributed by atoms with Gasteiger partial charge in [0.05, 0.1) is 11.3 Å². The summed E-state index contributed by atoms with van der Waals surface area (Å²) < 4.78 is 38.9. The fraction of sp³-hybridized carbons (Fsp3) is 0.533. The van der Waals surface area contributed by atoms with Crippen LogP contribution in [0.4, 0.5) is 24.5 Å². The lowest BCUT2D eigenvalue weighted by Crippen LogP contribution is -2.27. The molecule has 1 aliphatic carbocycles. The Kier molecular flexibility index (Phi) is 4.44. The van der Waals surface area contributed by atoms with Gasteiger partial charge in [0.1, 0.15) is 0 Å². The molecule has 21 heavy (non-hydrogen) atoms. The molecule has 0 heterocycles. The Balaban J connectivity index is 2.14. The second-order valence-corrected chi connectivity index (χ2v) is 5.75. The van der Waals surface area contributed by atoms with Gasteiger partial charge >= 0.3 is 6.18 Å². The van der Waals surface area contributed by atoms with E-state index in [4.69, 9.17) is 5.73 Å². The minimum Gasteiger partial charge on any atom is -0.399 e. The zero-order valence-electron chi connectivity index (χ0n) is 11.8. The van der Waals surface area contributed by atoms with Gasteiger partial charge in [0, 0.05) is 11.6 Å². The smallest absolute Gasteiger partial charge is 0.399 e. The first kappa shape index (κ1) is 15.7. The maximum absolute atomic E-state index is 13.0. The van der Waals surface area contributed by atoms with Gasteiger partial charge in [0.15, 0.2) is 0 Å². The Hall–Kier alpha value is -1.72. The molecule has 0 atom stereocenters. The standard InChI is InChI=1S/C15H19F3N2O/c1-9-2-4-10(5-3-9)14(21)20-13-7-6-11(19)8-12(13)15(16,17)18/h6-10H,2-5,19H2,1H3,(H,20,21). The second-order valence-electron chi connectivity index (χ2n) is 5.75. The van der Waals surface area contributed by atoms with Crippen LogP contribution in [0.5, 0.6) is 0 Å². The predicted octanol–water partition coefficient (Wildman–Crippen LogP) is 4.05. The van der Waals surface area contributed by atoms with Crippen molar-refractivity contribution in [2.45, 2.75) is 38.8 Å². The molecule has 2 rings (SSSR count). The van der Waals surface area contributed by atoms with E-state index >= 15 is 0 Å². The van der Waals surface area contributed by atoms with Crippen molar-refractivity contribution in [3.63, 3.8) is 0 Å². The number of nitrogens with two attached hydrogens (primary N) is 1. The van der Waals surface area contributed by atoms with Crippen LogP contribution in [0.15, 0.2) is 18.2 Å². The molecule has 116 valence electrons. The Morgan fingerprint density at radius 2 is 1.86 bits per heavy atom. The van der Waals surface area contributed by atoms with Crippen molar-refractivity contribution in [3.8, 4) is 0 Å². The molecule has 0 saturated heterocycles. The fourth-order valence-electron chi connectivity index (χ4n) is 2.66. The van der Waals surface area contributed by atoms with Crippen LogP contribution in [0.3, 0.4) is 0 Å². The van der Waals surface area contributed by atoms with Crippen LogP contribution in [0, 0.1) is 11.8 Å². The highest BCUT2D eigenvalue weighted by Gasteiger charge is 2.35. The van der Waals surface area contributed by atoms with Gasteiger partial charge in [0.25, 0.3) is 0 Å². The molecule has 1 aromatic carbocycles. The summed E-state index contributed by atoms with van der Waals surface area (Å²) in [6.45, 7) is 2.12. The van der Waals surface area contributed by atoms with E-state index in [9.17, 15) is 18.0 Å². The number of alkyl halides is 3. The second kappa shape index (κ2) is 5.95. The molecular weight excluding hydrogens is 281 g/mol. The predicted molar refractivity (Wildman–Crippen MR) is 75.6 cm³/mol. The van der Waals surface area contributed by atoms with E-state index in [2.05, 4.69) is 12.2 Å². The van der Waals surface area contributed by atoms with Gasteiger partial charge in [0.2, 0.25) is 5.91 Å². The first-order valence-electron chi connectivity index (χ1n) is 7.05. The summed E-state index contributed by atoms with van der Waals surface area (Å²) >= 11 is 0. The molecule has 0 unspecified atom stereocenters. The number of anilines is 2. The summed E-state index contributed by atoms with van der Waals surface area (Å²) in [4.78, 5) is 12.1. The number of nitrogens with one attached hydrogen (secondary N) is 1. The highest BCUT2D eigenvalue weighted by atomic mass is 19.4. The van der Waals surface area contributed by atoms with Crippen LogP contribution >= 0.6 is 0 Å². The van der Waals surface area contributed by atoms with E-state index in [1.807, 2.05) is 0 Å². The van der Waals surface area contributed by atoms with Gasteiger partial charge in [-0.2, -0.15) is 13.2 Å². The number of nitrogen functional groups attached to an aromatic ring is 1. The molecule has 1 aromatic rings. The highest BCUT2D eigenvalue weighted by Crippen LogP contribution is 2.37. The summed E-state index contributed by atoms with van der Waals surface area (Å²) in [5, 5.41) is 2.41. The van der Waals surface area contributed by atoms with Crippen molar-refractivity contribution >= 4 is 17.3 Å². The van der Waals surface area contributed by atoms with Gasteiger partial charge < -0.3 is 11.1 Å². The number of hydrogen-bond acceptors (Lipinski definition) is 2. The molecule has 0 radical (unpaired) electrons. The summed E-state index contributed by atoms with van der Waals surface area (Å²) in [5.74, 6) is 0.0355. The lowest BCUT2D eigenvalue weighted by atomic mass is 9.82. The van der Waals surface area contributed by atoms with Gasteiger partial charge in [-0.05, 0) is 49.8 Å².